The van der Waals surface area contributed by atoms with E-state index >= 15 is 0 Å². The van der Waals surface area contributed by atoms with E-state index in [0.717, 1.165) is 0 Å². The smallest absolute Gasteiger partial charge is 0.266 e. The number of hydrogen-bond donors (Lipinski definition) is 2. The number of thiazole rings is 1. The van der Waals surface area contributed by atoms with Crippen molar-refractivity contribution in [3.63, 3.8) is 0 Å². The van der Waals surface area contributed by atoms with Gasteiger partial charge in [-0.3, -0.25) is 14.4 Å². The molecule has 0 unspecified atom stereocenters. The van der Waals surface area contributed by atoms with E-state index in [-0.39, 0.29) is 17.9 Å². The van der Waals surface area contributed by atoms with Crippen LogP contribution in [0, 0.1) is 5.41 Å². The molecule has 0 saturated heterocycles. The fourth-order valence-electron chi connectivity index (χ4n) is 3.00. The van der Waals surface area contributed by atoms with Crippen LogP contribution < -0.4 is 34.3 Å². The Morgan fingerprint density at radius 1 is 1.06 bits per heavy atom. The number of aromatic amines is 1. The van der Waals surface area contributed by atoms with Crippen LogP contribution in [-0.4, -0.2) is 37.5 Å². The van der Waals surface area contributed by atoms with Crippen molar-refractivity contribution in [2.45, 2.75) is 20.8 Å². The molecule has 10 heteroatoms. The molecule has 0 bridgehead atoms. The van der Waals surface area contributed by atoms with E-state index in [2.05, 4.69) is 10.3 Å². The lowest BCUT2D eigenvalue weighted by atomic mass is 9.91. The molecule has 8 nitrogen and oxygen atoms in total. The molecule has 1 aromatic heterocycles. The molecular weight excluding hydrogens is 504 g/mol. The zero-order chi connectivity index (χ0) is 26.5. The molecule has 0 aliphatic rings. The monoisotopic (exact) mass is 530 g/mol. The number of carbonyl (C=O) groups is 2. The number of methoxy groups -OCH3 is 2. The molecule has 3 rings (SSSR count). The van der Waals surface area contributed by atoms with E-state index in [1.54, 1.807) is 42.5 Å². The van der Waals surface area contributed by atoms with Crippen LogP contribution in [0.4, 0.5) is 5.69 Å². The number of ketones is 1. The van der Waals surface area contributed by atoms with Gasteiger partial charge in [-0.1, -0.05) is 38.4 Å². The minimum absolute atomic E-state index is 0.0757. The van der Waals surface area contributed by atoms with Crippen molar-refractivity contribution in [3.05, 3.63) is 66.5 Å². The number of benzene rings is 2. The Labute approximate surface area is 217 Å². The third-order valence-electron chi connectivity index (χ3n) is 4.96. The summed E-state index contributed by atoms with van der Waals surface area (Å²) in [5, 5.41) is 3.20. The minimum atomic E-state index is -0.536. The number of halogens is 1. The van der Waals surface area contributed by atoms with Crippen molar-refractivity contribution in [1.29, 1.82) is 0 Å². The molecule has 0 spiro atoms. The van der Waals surface area contributed by atoms with Gasteiger partial charge in [0.15, 0.2) is 23.9 Å². The normalized spacial score (nSPS) is 12.4. The van der Waals surface area contributed by atoms with Gasteiger partial charge in [-0.25, -0.2) is 0 Å². The summed E-state index contributed by atoms with van der Waals surface area (Å²) in [6.07, 6.45) is 3.14. The quantitative estimate of drug-likeness (QED) is 0.462. The number of carbonyl (C=O) groups excluding carboxylic acids is 2. The number of ether oxygens (including phenoxy) is 3. The Morgan fingerprint density at radius 2 is 1.78 bits per heavy atom. The third kappa shape index (κ3) is 6.99. The van der Waals surface area contributed by atoms with Gasteiger partial charge in [-0.05, 0) is 35.9 Å². The Bertz CT molecular complexity index is 1450. The molecule has 190 valence electrons. The summed E-state index contributed by atoms with van der Waals surface area (Å²) in [6.45, 7) is 5.19. The number of nitrogens with one attached hydrogen (secondary N) is 2. The molecule has 36 heavy (non-hydrogen) atoms. The first kappa shape index (κ1) is 27.0. The summed E-state index contributed by atoms with van der Waals surface area (Å²) < 4.78 is 17.2. The van der Waals surface area contributed by atoms with Crippen molar-refractivity contribution in [1.82, 2.24) is 4.98 Å². The number of hydrogen-bond acceptors (Lipinski definition) is 7. The number of H-pyrrole nitrogens is 1. The summed E-state index contributed by atoms with van der Waals surface area (Å²) in [5.41, 5.74) is 0.331. The topological polar surface area (TPSA) is 107 Å². The third-order valence-corrected chi connectivity index (χ3v) is 6.16. The molecule has 0 saturated carbocycles. The van der Waals surface area contributed by atoms with Crippen LogP contribution in [0.2, 0.25) is 5.02 Å². The average molecular weight is 531 g/mol. The van der Waals surface area contributed by atoms with Crippen molar-refractivity contribution in [3.8, 4) is 17.2 Å². The Kier molecular flexibility index (Phi) is 8.60. The van der Waals surface area contributed by atoms with Crippen molar-refractivity contribution >= 4 is 52.5 Å². The second kappa shape index (κ2) is 11.5. The summed E-state index contributed by atoms with van der Waals surface area (Å²) >= 11 is 7.14. The molecule has 2 aromatic carbocycles. The van der Waals surface area contributed by atoms with Gasteiger partial charge in [0.1, 0.15) is 5.75 Å². The van der Waals surface area contributed by atoms with E-state index in [9.17, 15) is 14.4 Å². The number of anilines is 1. The van der Waals surface area contributed by atoms with E-state index in [0.29, 0.717) is 42.7 Å². The lowest BCUT2D eigenvalue weighted by molar-refractivity contribution is -0.120. The van der Waals surface area contributed by atoms with Gasteiger partial charge >= 0.3 is 0 Å². The van der Waals surface area contributed by atoms with Crippen LogP contribution >= 0.6 is 22.9 Å². The first-order valence-corrected chi connectivity index (χ1v) is 12.1. The van der Waals surface area contributed by atoms with Crippen LogP contribution in [0.25, 0.3) is 12.2 Å². The second-order valence-corrected chi connectivity index (χ2v) is 10.3. The standard InChI is InChI=1S/C26H27ClN2O6S/c1-26(2,3)22(30)13-24-29-25(32)21(36-24)11-15-6-9-18(20(10-15)34-5)35-14-23(31)28-17-8-7-16(27)12-19(17)33-4/h6-13H,14H2,1-5H3,(H,28,31)(H,29,32)/b21-11+,24-13+. The Balaban J connectivity index is 1.76. The van der Waals surface area contributed by atoms with E-state index in [1.807, 2.05) is 20.8 Å². The van der Waals surface area contributed by atoms with Gasteiger partial charge in [0.2, 0.25) is 0 Å². The molecule has 0 aliphatic carbocycles. The zero-order valence-corrected chi connectivity index (χ0v) is 22.1. The van der Waals surface area contributed by atoms with E-state index in [1.165, 1.54) is 31.6 Å². The van der Waals surface area contributed by atoms with Crippen molar-refractivity contribution in [2.75, 3.05) is 26.1 Å². The highest BCUT2D eigenvalue weighted by atomic mass is 35.5. The number of Topliss-reactive ketones (excluding diaryl/α,β-unsaturated/α-hetero) is 1. The largest absolute Gasteiger partial charge is 0.495 e. The first-order valence-electron chi connectivity index (χ1n) is 10.9. The molecule has 0 aliphatic heterocycles. The van der Waals surface area contributed by atoms with Gasteiger partial charge in [0, 0.05) is 22.6 Å². The summed E-state index contributed by atoms with van der Waals surface area (Å²) in [7, 11) is 2.96. The molecule has 2 N–H and O–H groups in total. The molecule has 3 aromatic rings. The molecule has 1 heterocycles. The first-order chi connectivity index (χ1) is 17.0. The maximum absolute atomic E-state index is 12.4. The fourth-order valence-corrected chi connectivity index (χ4v) is 4.05. The predicted octanol–water partition coefficient (Wildman–Crippen LogP) is 3.35. The van der Waals surface area contributed by atoms with Crippen LogP contribution in [-0.2, 0) is 9.59 Å². The fraction of sp³-hybridized carbons (Fsp3) is 0.269. The highest BCUT2D eigenvalue weighted by Gasteiger charge is 2.18. The second-order valence-electron chi connectivity index (χ2n) is 8.78. The summed E-state index contributed by atoms with van der Waals surface area (Å²) in [4.78, 5) is 39.7. The zero-order valence-electron chi connectivity index (χ0n) is 20.6. The van der Waals surface area contributed by atoms with Gasteiger partial charge in [0.05, 0.1) is 29.1 Å². The van der Waals surface area contributed by atoms with Gasteiger partial charge < -0.3 is 24.5 Å². The number of aromatic nitrogens is 1. The van der Waals surface area contributed by atoms with E-state index in [4.69, 9.17) is 25.8 Å². The highest BCUT2D eigenvalue weighted by Crippen LogP contribution is 2.29. The van der Waals surface area contributed by atoms with Gasteiger partial charge in [-0.15, -0.1) is 11.3 Å². The Hall–Kier alpha value is -3.56. The number of rotatable bonds is 8. The lowest BCUT2D eigenvalue weighted by Crippen LogP contribution is -2.22. The molecule has 1 amide bonds. The SMILES string of the molecule is COc1cc(Cl)ccc1NC(=O)COc1ccc(/C=c2/s/c(=C/C(=O)C(C)(C)C)[nH]c2=O)cc1OC. The minimum Gasteiger partial charge on any atom is -0.495 e. The molecule has 0 radical (unpaired) electrons. The van der Waals surface area contributed by atoms with Crippen molar-refractivity contribution in [2.24, 2.45) is 5.41 Å². The van der Waals surface area contributed by atoms with Crippen LogP contribution in [0.1, 0.15) is 26.3 Å². The lowest BCUT2D eigenvalue weighted by Gasteiger charge is -2.13. The van der Waals surface area contributed by atoms with E-state index < -0.39 is 11.3 Å². The molecule has 0 atom stereocenters. The maximum Gasteiger partial charge on any atom is 0.266 e. The van der Waals surface area contributed by atoms with Gasteiger partial charge in [-0.2, -0.15) is 0 Å². The van der Waals surface area contributed by atoms with Gasteiger partial charge in [0.25, 0.3) is 11.5 Å². The predicted molar refractivity (Wildman–Crippen MR) is 142 cm³/mol. The maximum atomic E-state index is 12.4. The van der Waals surface area contributed by atoms with Crippen LogP contribution in [0.5, 0.6) is 17.2 Å². The summed E-state index contributed by atoms with van der Waals surface area (Å²) in [6, 6.07) is 9.95. The number of amides is 1. The summed E-state index contributed by atoms with van der Waals surface area (Å²) in [5.74, 6) is 0.710. The van der Waals surface area contributed by atoms with Crippen molar-refractivity contribution < 1.29 is 23.8 Å². The molecule has 0 fully saturated rings. The average Bonchev–Trinajstić information content (AvgIpc) is 3.16. The van der Waals surface area contributed by atoms with Crippen LogP contribution in [0.3, 0.4) is 0 Å². The Morgan fingerprint density at radius 3 is 2.44 bits per heavy atom. The van der Waals surface area contributed by atoms with Crippen LogP contribution in [0.15, 0.2) is 41.2 Å². The molecular formula is C26H27ClN2O6S. The highest BCUT2D eigenvalue weighted by molar-refractivity contribution is 7.07.